The maximum atomic E-state index is 14.8. The maximum Gasteiger partial charge on any atom is 0.319 e. The number of carbonyl (C=O) groups is 1. The van der Waals surface area contributed by atoms with Gasteiger partial charge >= 0.3 is 5.92 Å². The average Bonchev–Trinajstić information content (AvgIpc) is 2.98. The van der Waals surface area contributed by atoms with Gasteiger partial charge in [0.05, 0.1) is 18.6 Å². The number of halogens is 2. The number of hydrogen-bond acceptors (Lipinski definition) is 3. The molecule has 1 heterocycles. The van der Waals surface area contributed by atoms with E-state index in [0.717, 1.165) is 0 Å². The van der Waals surface area contributed by atoms with Crippen LogP contribution in [0.4, 0.5) is 8.78 Å². The number of ether oxygens (including phenoxy) is 2. The summed E-state index contributed by atoms with van der Waals surface area (Å²) in [7, 11) is 0. The molecule has 2 spiro atoms. The van der Waals surface area contributed by atoms with E-state index < -0.39 is 22.9 Å². The van der Waals surface area contributed by atoms with Crippen molar-refractivity contribution in [2.75, 3.05) is 13.2 Å². The summed E-state index contributed by atoms with van der Waals surface area (Å²) in [5, 5.41) is 0. The van der Waals surface area contributed by atoms with Crippen LogP contribution in [0.25, 0.3) is 0 Å². The van der Waals surface area contributed by atoms with E-state index in [2.05, 4.69) is 0 Å². The Morgan fingerprint density at radius 3 is 2.52 bits per heavy atom. The summed E-state index contributed by atoms with van der Waals surface area (Å²) >= 11 is 0. The molecule has 0 bridgehead atoms. The second-order valence-corrected chi connectivity index (χ2v) is 6.17. The lowest BCUT2D eigenvalue weighted by Gasteiger charge is -2.45. The minimum Gasteiger partial charge on any atom is -0.347 e. The fourth-order valence-corrected chi connectivity index (χ4v) is 4.19. The predicted molar refractivity (Wildman–Crippen MR) is 70.5 cm³/mol. The largest absolute Gasteiger partial charge is 0.347 e. The Hall–Kier alpha value is -1.33. The van der Waals surface area contributed by atoms with E-state index in [4.69, 9.17) is 9.47 Å². The molecule has 3 aliphatic rings. The summed E-state index contributed by atoms with van der Waals surface area (Å²) in [5.74, 6) is -5.40. The van der Waals surface area contributed by atoms with Crippen LogP contribution in [0.3, 0.4) is 0 Å². The van der Waals surface area contributed by atoms with Crippen LogP contribution in [0.1, 0.15) is 41.6 Å². The van der Waals surface area contributed by atoms with Gasteiger partial charge in [-0.25, -0.2) is 0 Å². The van der Waals surface area contributed by atoms with Crippen LogP contribution in [0.2, 0.25) is 0 Å². The van der Waals surface area contributed by atoms with Crippen LogP contribution in [-0.2, 0) is 14.9 Å². The number of Topliss-reactive ketones (excluding diaryl/α,β-unsaturated/α-hetero) is 1. The van der Waals surface area contributed by atoms with Crippen molar-refractivity contribution in [3.05, 3.63) is 35.4 Å². The molecule has 1 aromatic carbocycles. The summed E-state index contributed by atoms with van der Waals surface area (Å²) < 4.78 is 41.0. The van der Waals surface area contributed by atoms with Crippen molar-refractivity contribution < 1.29 is 23.0 Å². The van der Waals surface area contributed by atoms with Gasteiger partial charge in [-0.15, -0.1) is 0 Å². The SMILES string of the molecule is O=C1c2ccccc2[C@]2(CCCC3(C2)OCCO3)C1(F)F. The van der Waals surface area contributed by atoms with Crippen LogP contribution in [0.5, 0.6) is 0 Å². The molecule has 1 atom stereocenters. The number of fused-ring (bicyclic) bond motifs is 2. The third-order valence-electron chi connectivity index (χ3n) is 5.12. The molecular weight excluding hydrogens is 278 g/mol. The van der Waals surface area contributed by atoms with E-state index in [1.54, 1.807) is 18.2 Å². The zero-order chi connectivity index (χ0) is 14.7. The molecule has 1 aliphatic heterocycles. The molecule has 1 aromatic rings. The maximum absolute atomic E-state index is 14.8. The zero-order valence-electron chi connectivity index (χ0n) is 11.5. The van der Waals surface area contributed by atoms with Gasteiger partial charge in [-0.1, -0.05) is 24.3 Å². The Balaban J connectivity index is 1.87. The molecule has 0 radical (unpaired) electrons. The number of rotatable bonds is 0. The van der Waals surface area contributed by atoms with Crippen molar-refractivity contribution in [2.24, 2.45) is 0 Å². The molecule has 4 rings (SSSR count). The molecule has 0 N–H and O–H groups in total. The Labute approximate surface area is 121 Å². The number of alkyl halides is 2. The van der Waals surface area contributed by atoms with Gasteiger partial charge in [-0.2, -0.15) is 8.78 Å². The number of benzene rings is 1. The van der Waals surface area contributed by atoms with Gasteiger partial charge < -0.3 is 9.47 Å². The fraction of sp³-hybridized carbons (Fsp3) is 0.562. The first kappa shape index (κ1) is 13.3. The van der Waals surface area contributed by atoms with Crippen LogP contribution in [-0.4, -0.2) is 30.7 Å². The van der Waals surface area contributed by atoms with Crippen LogP contribution >= 0.6 is 0 Å². The topological polar surface area (TPSA) is 35.5 Å². The molecule has 112 valence electrons. The Morgan fingerprint density at radius 1 is 1.05 bits per heavy atom. The smallest absolute Gasteiger partial charge is 0.319 e. The lowest BCUT2D eigenvalue weighted by molar-refractivity contribution is -0.211. The lowest BCUT2D eigenvalue weighted by Crippen LogP contribution is -2.53. The highest BCUT2D eigenvalue weighted by Crippen LogP contribution is 2.59. The highest BCUT2D eigenvalue weighted by Gasteiger charge is 2.69. The van der Waals surface area contributed by atoms with Gasteiger partial charge in [0.25, 0.3) is 0 Å². The van der Waals surface area contributed by atoms with Crippen molar-refractivity contribution in [1.82, 2.24) is 0 Å². The van der Waals surface area contributed by atoms with Crippen LogP contribution in [0, 0.1) is 0 Å². The molecule has 5 heteroatoms. The molecule has 0 amide bonds. The summed E-state index contributed by atoms with van der Waals surface area (Å²) in [5.41, 5.74) is -0.876. The van der Waals surface area contributed by atoms with Gasteiger partial charge in [-0.3, -0.25) is 4.79 Å². The number of hydrogen-bond donors (Lipinski definition) is 0. The van der Waals surface area contributed by atoms with Crippen molar-refractivity contribution >= 4 is 5.78 Å². The molecule has 0 unspecified atom stereocenters. The summed E-state index contributed by atoms with van der Waals surface area (Å²) in [6.45, 7) is 0.856. The predicted octanol–water partition coefficient (Wildman–Crippen LogP) is 3.07. The third-order valence-corrected chi connectivity index (χ3v) is 5.12. The highest BCUT2D eigenvalue weighted by atomic mass is 19.3. The van der Waals surface area contributed by atoms with Gasteiger partial charge in [0.15, 0.2) is 5.79 Å². The van der Waals surface area contributed by atoms with E-state index in [1.165, 1.54) is 6.07 Å². The van der Waals surface area contributed by atoms with Gasteiger partial charge in [-0.05, 0) is 18.4 Å². The normalized spacial score (nSPS) is 32.8. The van der Waals surface area contributed by atoms with Crippen molar-refractivity contribution in [3.63, 3.8) is 0 Å². The van der Waals surface area contributed by atoms with Crippen LogP contribution in [0.15, 0.2) is 24.3 Å². The van der Waals surface area contributed by atoms with Crippen molar-refractivity contribution in [3.8, 4) is 0 Å². The van der Waals surface area contributed by atoms with Crippen molar-refractivity contribution in [2.45, 2.75) is 42.8 Å². The standard InChI is InChI=1S/C16H16F2O3/c17-16(18)13(19)11-4-1-2-5-12(11)14(16)6-3-7-15(10-14)20-8-9-21-15/h1-2,4-5H,3,6-10H2/t14-/m1/s1. The second kappa shape index (κ2) is 4.11. The van der Waals surface area contributed by atoms with Gasteiger partial charge in [0.1, 0.15) is 0 Å². The fourth-order valence-electron chi connectivity index (χ4n) is 4.19. The summed E-state index contributed by atoms with van der Waals surface area (Å²) in [6, 6.07) is 6.50. The number of ketones is 1. The Kier molecular flexibility index (Phi) is 2.61. The molecule has 3 nitrogen and oxygen atoms in total. The second-order valence-electron chi connectivity index (χ2n) is 6.17. The Morgan fingerprint density at radius 2 is 1.76 bits per heavy atom. The minimum atomic E-state index is -3.39. The quantitative estimate of drug-likeness (QED) is 0.737. The average molecular weight is 294 g/mol. The van der Waals surface area contributed by atoms with Gasteiger partial charge in [0, 0.05) is 18.4 Å². The van der Waals surface area contributed by atoms with E-state index in [1.807, 2.05) is 0 Å². The Bertz CT molecular complexity index is 607. The number of carbonyl (C=O) groups excluding carboxylic acids is 1. The first-order valence-corrected chi connectivity index (χ1v) is 7.31. The zero-order valence-corrected chi connectivity index (χ0v) is 11.5. The molecule has 0 aromatic heterocycles. The molecular formula is C16H16F2O3. The van der Waals surface area contributed by atoms with E-state index in [0.29, 0.717) is 31.6 Å². The van der Waals surface area contributed by atoms with Gasteiger partial charge in [0.2, 0.25) is 5.78 Å². The first-order valence-electron chi connectivity index (χ1n) is 7.31. The van der Waals surface area contributed by atoms with Crippen LogP contribution < -0.4 is 0 Å². The van der Waals surface area contributed by atoms with E-state index in [9.17, 15) is 13.6 Å². The minimum absolute atomic E-state index is 0.0513. The molecule has 1 saturated carbocycles. The summed E-state index contributed by atoms with van der Waals surface area (Å²) in [4.78, 5) is 12.2. The third kappa shape index (κ3) is 1.56. The van der Waals surface area contributed by atoms with E-state index in [-0.39, 0.29) is 18.4 Å². The lowest BCUT2D eigenvalue weighted by atomic mass is 9.66. The molecule has 2 fully saturated rings. The molecule has 2 aliphatic carbocycles. The summed E-state index contributed by atoms with van der Waals surface area (Å²) in [6.07, 6.45) is 1.52. The van der Waals surface area contributed by atoms with Crippen molar-refractivity contribution in [1.29, 1.82) is 0 Å². The highest BCUT2D eigenvalue weighted by molar-refractivity contribution is 6.07. The first-order chi connectivity index (χ1) is 10.0. The molecule has 1 saturated heterocycles. The monoisotopic (exact) mass is 294 g/mol. The molecule has 21 heavy (non-hydrogen) atoms. The van der Waals surface area contributed by atoms with E-state index >= 15 is 0 Å².